The lowest BCUT2D eigenvalue weighted by Gasteiger charge is -2.35. The van der Waals surface area contributed by atoms with Gasteiger partial charge in [-0.2, -0.15) is 0 Å². The van der Waals surface area contributed by atoms with E-state index in [0.29, 0.717) is 11.8 Å². The molecule has 9 aliphatic carbocycles. The molecule has 1 aromatic carbocycles. The fourth-order valence-corrected chi connectivity index (χ4v) is 10.7. The highest BCUT2D eigenvalue weighted by molar-refractivity contribution is 5.77. The summed E-state index contributed by atoms with van der Waals surface area (Å²) in [5, 5.41) is 2.90. The van der Waals surface area contributed by atoms with Crippen LogP contribution < -0.4 is 10.4 Å². The van der Waals surface area contributed by atoms with Crippen LogP contribution in [-0.2, 0) is 0 Å². The number of benzene rings is 1. The molecule has 0 saturated carbocycles. The molecule has 0 spiro atoms. The van der Waals surface area contributed by atoms with Gasteiger partial charge in [-0.25, -0.2) is 0 Å². The second-order valence-electron chi connectivity index (χ2n) is 16.8. The van der Waals surface area contributed by atoms with E-state index in [1.54, 1.807) is 27.9 Å². The van der Waals surface area contributed by atoms with E-state index in [-0.39, 0.29) is 0 Å². The van der Waals surface area contributed by atoms with Gasteiger partial charge >= 0.3 is 0 Å². The summed E-state index contributed by atoms with van der Waals surface area (Å²) in [6, 6.07) is 9.31. The van der Waals surface area contributed by atoms with Gasteiger partial charge < -0.3 is 0 Å². The first-order valence-electron chi connectivity index (χ1n) is 21.7. The monoisotopic (exact) mass is 726 g/mol. The van der Waals surface area contributed by atoms with Crippen LogP contribution in [0.25, 0.3) is 11.1 Å². The Morgan fingerprint density at radius 2 is 0.875 bits per heavy atom. The van der Waals surface area contributed by atoms with Crippen LogP contribution in [0.5, 0.6) is 0 Å². The summed E-state index contributed by atoms with van der Waals surface area (Å²) in [6.45, 7) is 0. The number of hydrogen-bond acceptors (Lipinski definition) is 0. The molecule has 0 saturated heterocycles. The van der Waals surface area contributed by atoms with Gasteiger partial charge in [0, 0.05) is 11.8 Å². The van der Waals surface area contributed by atoms with Gasteiger partial charge in [-0.1, -0.05) is 146 Å². The number of rotatable bonds is 7. The van der Waals surface area contributed by atoms with Crippen molar-refractivity contribution in [1.82, 2.24) is 0 Å². The van der Waals surface area contributed by atoms with Crippen LogP contribution in [0.15, 0.2) is 213 Å². The number of hydrogen-bond donors (Lipinski definition) is 0. The van der Waals surface area contributed by atoms with Gasteiger partial charge in [0.15, 0.2) is 0 Å². The Hall–Kier alpha value is -5.20. The Bertz CT molecular complexity index is 2490. The highest BCUT2D eigenvalue weighted by Crippen LogP contribution is 2.46. The SMILES string of the molecule is C1=CC2C(C3=CC=C(C4=CC(C5=CCCC=C5)=CCC4)CC3)=CC=C(C3=c4ccccc4=C(C4=CC=C(C5=CC(C6=CCCC=C6)=CCC5)CC4)CC3)C2C=C1. The predicted octanol–water partition coefficient (Wildman–Crippen LogP) is 13.1. The number of allylic oxidation sites excluding steroid dienone is 32. The Morgan fingerprint density at radius 3 is 1.45 bits per heavy atom. The van der Waals surface area contributed by atoms with Crippen LogP contribution in [0, 0.1) is 11.8 Å². The molecule has 10 rings (SSSR count). The maximum absolute atomic E-state index is 2.50. The quantitative estimate of drug-likeness (QED) is 0.262. The standard InChI is InChI=1S/C56H54/c1-3-13-39(14-4-1)45-17-11-19-47(37-45)41-25-29-43(30-26-41)49-33-35-55(53-23-9-7-21-51(49)53)56-36-34-50(52-22-8-10-24-54(52)56)44-31-27-42(28-32-44)48-20-12-18-46(38-48)40-15-5-2-6-16-40/h3,5,7-10,13-18,21-25,27,29,31,33,35,37-38,51,53H,1-2,4,6,11-12,19-20,26,28,30,32,34,36H2. The third-order valence-corrected chi connectivity index (χ3v) is 13.6. The van der Waals surface area contributed by atoms with Crippen molar-refractivity contribution in [3.05, 3.63) is 223 Å². The van der Waals surface area contributed by atoms with E-state index in [2.05, 4.69) is 146 Å². The lowest BCUT2D eigenvalue weighted by Crippen LogP contribution is -2.35. The van der Waals surface area contributed by atoms with Gasteiger partial charge in [0.2, 0.25) is 0 Å². The number of fused-ring (bicyclic) bond motifs is 2. The van der Waals surface area contributed by atoms with E-state index in [1.807, 2.05) is 0 Å². The molecule has 0 nitrogen and oxygen atoms in total. The van der Waals surface area contributed by atoms with Gasteiger partial charge in [0.25, 0.3) is 0 Å². The molecule has 0 radical (unpaired) electrons. The zero-order chi connectivity index (χ0) is 37.3. The highest BCUT2D eigenvalue weighted by Gasteiger charge is 2.33. The van der Waals surface area contributed by atoms with Crippen molar-refractivity contribution < 1.29 is 0 Å². The van der Waals surface area contributed by atoms with Gasteiger partial charge in [-0.15, -0.1) is 0 Å². The summed E-state index contributed by atoms with van der Waals surface area (Å²) in [6.07, 6.45) is 64.3. The Kier molecular flexibility index (Phi) is 9.90. The third kappa shape index (κ3) is 6.93. The lowest BCUT2D eigenvalue weighted by molar-refractivity contribution is 0.600. The fraction of sp³-hybridized carbons (Fsp3) is 0.286. The molecule has 1 aromatic rings. The van der Waals surface area contributed by atoms with Crippen molar-refractivity contribution in [3.8, 4) is 0 Å². The molecule has 278 valence electrons. The molecule has 0 heterocycles. The Labute approximate surface area is 334 Å². The van der Waals surface area contributed by atoms with Crippen molar-refractivity contribution in [3.63, 3.8) is 0 Å². The van der Waals surface area contributed by atoms with Crippen LogP contribution in [0.4, 0.5) is 0 Å². The van der Waals surface area contributed by atoms with E-state index in [9.17, 15) is 0 Å². The van der Waals surface area contributed by atoms with Crippen molar-refractivity contribution in [2.45, 2.75) is 89.9 Å². The van der Waals surface area contributed by atoms with Crippen molar-refractivity contribution in [1.29, 1.82) is 0 Å². The predicted molar refractivity (Wildman–Crippen MR) is 238 cm³/mol. The minimum Gasteiger partial charge on any atom is -0.0836 e. The molecule has 0 bridgehead atoms. The molecule has 2 unspecified atom stereocenters. The summed E-state index contributed by atoms with van der Waals surface area (Å²) in [5.74, 6) is 0.766. The topological polar surface area (TPSA) is 0 Å². The molecule has 0 amide bonds. The normalized spacial score (nSPS) is 25.8. The van der Waals surface area contributed by atoms with Crippen LogP contribution in [-0.4, -0.2) is 0 Å². The second-order valence-corrected chi connectivity index (χ2v) is 16.8. The summed E-state index contributed by atoms with van der Waals surface area (Å²) in [7, 11) is 0. The zero-order valence-electron chi connectivity index (χ0n) is 32.9. The summed E-state index contributed by atoms with van der Waals surface area (Å²) in [4.78, 5) is 0. The van der Waals surface area contributed by atoms with Gasteiger partial charge in [0.1, 0.15) is 0 Å². The molecule has 56 heavy (non-hydrogen) atoms. The van der Waals surface area contributed by atoms with E-state index < -0.39 is 0 Å². The van der Waals surface area contributed by atoms with E-state index >= 15 is 0 Å². The minimum absolute atomic E-state index is 0.378. The average Bonchev–Trinajstić information content (AvgIpc) is 3.29. The Balaban J connectivity index is 0.945. The third-order valence-electron chi connectivity index (χ3n) is 13.6. The molecule has 0 aromatic heterocycles. The molecule has 9 aliphatic rings. The van der Waals surface area contributed by atoms with Gasteiger partial charge in [-0.3, -0.25) is 0 Å². The minimum atomic E-state index is 0.378. The molecule has 0 N–H and O–H groups in total. The van der Waals surface area contributed by atoms with E-state index in [0.717, 1.165) is 77.0 Å². The second kappa shape index (κ2) is 15.7. The first-order valence-corrected chi connectivity index (χ1v) is 21.7. The van der Waals surface area contributed by atoms with Gasteiger partial charge in [-0.05, 0) is 178 Å². The van der Waals surface area contributed by atoms with E-state index in [1.165, 1.54) is 73.4 Å². The maximum atomic E-state index is 2.50. The highest BCUT2D eigenvalue weighted by atomic mass is 14.4. The van der Waals surface area contributed by atoms with Crippen LogP contribution in [0.2, 0.25) is 0 Å². The van der Waals surface area contributed by atoms with Crippen LogP contribution >= 0.6 is 0 Å². The largest absolute Gasteiger partial charge is 0.0836 e. The van der Waals surface area contributed by atoms with Crippen LogP contribution in [0.1, 0.15) is 89.9 Å². The molecular formula is C56H54. The molecule has 0 heteroatoms. The molecular weight excluding hydrogens is 673 g/mol. The first-order chi connectivity index (χ1) is 27.8. The van der Waals surface area contributed by atoms with E-state index in [4.69, 9.17) is 0 Å². The van der Waals surface area contributed by atoms with Crippen LogP contribution in [0.3, 0.4) is 0 Å². The smallest absolute Gasteiger partial charge is 0.0128 e. The molecule has 0 aliphatic heterocycles. The molecule has 2 atom stereocenters. The maximum Gasteiger partial charge on any atom is 0.0128 e. The summed E-state index contributed by atoms with van der Waals surface area (Å²) in [5.41, 5.74) is 21.0. The van der Waals surface area contributed by atoms with Gasteiger partial charge in [0.05, 0.1) is 0 Å². The fourth-order valence-electron chi connectivity index (χ4n) is 10.7. The zero-order valence-corrected chi connectivity index (χ0v) is 32.9. The van der Waals surface area contributed by atoms with Crippen molar-refractivity contribution in [2.75, 3.05) is 0 Å². The Morgan fingerprint density at radius 1 is 0.375 bits per heavy atom. The van der Waals surface area contributed by atoms with Crippen molar-refractivity contribution in [2.24, 2.45) is 11.8 Å². The molecule has 0 fully saturated rings. The summed E-state index contributed by atoms with van der Waals surface area (Å²) >= 11 is 0. The summed E-state index contributed by atoms with van der Waals surface area (Å²) < 4.78 is 0. The first kappa shape index (κ1) is 35.2. The van der Waals surface area contributed by atoms with Crippen molar-refractivity contribution >= 4 is 11.1 Å². The lowest BCUT2D eigenvalue weighted by atomic mass is 9.68. The average molecular weight is 727 g/mol.